The summed E-state index contributed by atoms with van der Waals surface area (Å²) < 4.78 is 4.65. The van der Waals surface area contributed by atoms with E-state index in [9.17, 15) is 4.79 Å². The predicted molar refractivity (Wildman–Crippen MR) is 59.5 cm³/mol. The Morgan fingerprint density at radius 2 is 2.00 bits per heavy atom. The molecule has 0 aromatic rings. The molecule has 2 N–H and O–H groups in total. The van der Waals surface area contributed by atoms with Crippen molar-refractivity contribution in [1.29, 1.82) is 0 Å². The lowest BCUT2D eigenvalue weighted by Crippen LogP contribution is -2.34. The lowest BCUT2D eigenvalue weighted by molar-refractivity contribution is -0.145. The molecular formula is C11H23NO3. The van der Waals surface area contributed by atoms with Crippen LogP contribution >= 0.6 is 0 Å². The third kappa shape index (κ3) is 6.47. The molecule has 90 valence electrons. The van der Waals surface area contributed by atoms with Crippen molar-refractivity contribution in [2.24, 2.45) is 11.8 Å². The van der Waals surface area contributed by atoms with E-state index in [1.54, 1.807) is 0 Å². The van der Waals surface area contributed by atoms with Gasteiger partial charge in [0.25, 0.3) is 0 Å². The topological polar surface area (TPSA) is 58.6 Å². The zero-order valence-corrected chi connectivity index (χ0v) is 10.1. The molecule has 3 atom stereocenters. The molecule has 0 aromatic heterocycles. The van der Waals surface area contributed by atoms with Crippen molar-refractivity contribution in [2.45, 2.75) is 33.2 Å². The number of ether oxygens (including phenoxy) is 1. The third-order valence-corrected chi connectivity index (χ3v) is 2.44. The van der Waals surface area contributed by atoms with Gasteiger partial charge in [-0.05, 0) is 19.3 Å². The second-order valence-electron chi connectivity index (χ2n) is 4.26. The van der Waals surface area contributed by atoms with Crippen molar-refractivity contribution in [3.05, 3.63) is 0 Å². The van der Waals surface area contributed by atoms with Crippen LogP contribution in [0.15, 0.2) is 0 Å². The number of methoxy groups -OCH3 is 1. The highest BCUT2D eigenvalue weighted by Crippen LogP contribution is 2.07. The minimum atomic E-state index is -0.168. The number of nitrogens with one attached hydrogen (secondary N) is 1. The number of carbonyl (C=O) groups is 1. The largest absolute Gasteiger partial charge is 0.469 e. The Kier molecular flexibility index (Phi) is 7.34. The summed E-state index contributed by atoms with van der Waals surface area (Å²) in [5.41, 5.74) is 0. The molecule has 0 aromatic carbocycles. The molecule has 0 aliphatic rings. The maximum Gasteiger partial charge on any atom is 0.308 e. The van der Waals surface area contributed by atoms with Crippen molar-refractivity contribution in [3.63, 3.8) is 0 Å². The second kappa shape index (κ2) is 7.65. The van der Waals surface area contributed by atoms with Crippen molar-refractivity contribution in [2.75, 3.05) is 20.3 Å². The molecule has 0 amide bonds. The van der Waals surface area contributed by atoms with Gasteiger partial charge >= 0.3 is 5.97 Å². The smallest absolute Gasteiger partial charge is 0.308 e. The number of rotatable bonds is 7. The van der Waals surface area contributed by atoms with Crippen LogP contribution in [-0.4, -0.2) is 37.4 Å². The number of esters is 1. The fraction of sp³-hybridized carbons (Fsp3) is 0.909. The highest BCUT2D eigenvalue weighted by molar-refractivity contribution is 5.71. The summed E-state index contributed by atoms with van der Waals surface area (Å²) in [4.78, 5) is 11.2. The van der Waals surface area contributed by atoms with Crippen molar-refractivity contribution in [3.8, 4) is 0 Å². The standard InChI is InChI=1S/C11H23NO3/c1-8(7-13)6-12-10(3)5-9(2)11(14)15-4/h8-10,12-13H,5-7H2,1-4H3. The molecular weight excluding hydrogens is 194 g/mol. The second-order valence-corrected chi connectivity index (χ2v) is 4.26. The summed E-state index contributed by atoms with van der Waals surface area (Å²) in [5, 5.41) is 12.1. The van der Waals surface area contributed by atoms with Crippen LogP contribution in [0.5, 0.6) is 0 Å². The minimum Gasteiger partial charge on any atom is -0.469 e. The lowest BCUT2D eigenvalue weighted by Gasteiger charge is -2.18. The summed E-state index contributed by atoms with van der Waals surface area (Å²) >= 11 is 0. The molecule has 0 aliphatic carbocycles. The first-order chi connectivity index (χ1) is 7.01. The fourth-order valence-corrected chi connectivity index (χ4v) is 1.38. The molecule has 0 rings (SSSR count). The Hall–Kier alpha value is -0.610. The fourth-order valence-electron chi connectivity index (χ4n) is 1.38. The Morgan fingerprint density at radius 1 is 1.40 bits per heavy atom. The van der Waals surface area contributed by atoms with Gasteiger partial charge in [0.1, 0.15) is 0 Å². The van der Waals surface area contributed by atoms with E-state index in [0.717, 1.165) is 13.0 Å². The van der Waals surface area contributed by atoms with E-state index in [1.165, 1.54) is 7.11 Å². The monoisotopic (exact) mass is 217 g/mol. The van der Waals surface area contributed by atoms with Gasteiger partial charge < -0.3 is 15.2 Å². The van der Waals surface area contributed by atoms with Gasteiger partial charge in [-0.3, -0.25) is 4.79 Å². The van der Waals surface area contributed by atoms with E-state index in [2.05, 4.69) is 10.1 Å². The van der Waals surface area contributed by atoms with Crippen LogP contribution in [0.3, 0.4) is 0 Å². The summed E-state index contributed by atoms with van der Waals surface area (Å²) in [7, 11) is 1.41. The predicted octanol–water partition coefficient (Wildman–Crippen LogP) is 0.792. The van der Waals surface area contributed by atoms with E-state index >= 15 is 0 Å². The third-order valence-electron chi connectivity index (χ3n) is 2.44. The van der Waals surface area contributed by atoms with Gasteiger partial charge in [-0.15, -0.1) is 0 Å². The number of aliphatic hydroxyl groups excluding tert-OH is 1. The van der Waals surface area contributed by atoms with Crippen LogP contribution < -0.4 is 5.32 Å². The van der Waals surface area contributed by atoms with Crippen molar-refractivity contribution < 1.29 is 14.6 Å². The molecule has 0 aliphatic heterocycles. The zero-order chi connectivity index (χ0) is 11.8. The average molecular weight is 217 g/mol. The minimum absolute atomic E-state index is 0.0815. The zero-order valence-electron chi connectivity index (χ0n) is 10.1. The summed E-state index contributed by atoms with van der Waals surface area (Å²) in [5.74, 6) is 0.00155. The average Bonchev–Trinajstić information content (AvgIpc) is 2.24. The molecule has 0 fully saturated rings. The summed E-state index contributed by atoms with van der Waals surface area (Å²) in [6.45, 7) is 6.82. The van der Waals surface area contributed by atoms with Crippen LogP contribution in [0.2, 0.25) is 0 Å². The number of hydrogen-bond donors (Lipinski definition) is 2. The maximum atomic E-state index is 11.2. The quantitative estimate of drug-likeness (QED) is 0.619. The molecule has 0 radical (unpaired) electrons. The Morgan fingerprint density at radius 3 is 2.47 bits per heavy atom. The highest BCUT2D eigenvalue weighted by atomic mass is 16.5. The molecule has 3 unspecified atom stereocenters. The van der Waals surface area contributed by atoms with Gasteiger partial charge in [-0.1, -0.05) is 13.8 Å². The summed E-state index contributed by atoms with van der Waals surface area (Å²) in [6, 6.07) is 0.257. The normalized spacial score (nSPS) is 16.9. The van der Waals surface area contributed by atoms with Crippen LogP contribution in [0.4, 0.5) is 0 Å². The number of hydrogen-bond acceptors (Lipinski definition) is 4. The lowest BCUT2D eigenvalue weighted by atomic mass is 10.0. The molecule has 4 nitrogen and oxygen atoms in total. The van der Waals surface area contributed by atoms with Crippen molar-refractivity contribution >= 4 is 5.97 Å². The van der Waals surface area contributed by atoms with E-state index in [0.29, 0.717) is 0 Å². The molecule has 15 heavy (non-hydrogen) atoms. The van der Waals surface area contributed by atoms with E-state index in [-0.39, 0.29) is 30.5 Å². The van der Waals surface area contributed by atoms with Gasteiger partial charge in [-0.25, -0.2) is 0 Å². The van der Waals surface area contributed by atoms with Crippen LogP contribution in [0, 0.1) is 11.8 Å². The van der Waals surface area contributed by atoms with Gasteiger partial charge in [0, 0.05) is 19.2 Å². The van der Waals surface area contributed by atoms with Gasteiger partial charge in [0.2, 0.25) is 0 Å². The highest BCUT2D eigenvalue weighted by Gasteiger charge is 2.16. The SMILES string of the molecule is COC(=O)C(C)CC(C)NCC(C)CO. The van der Waals surface area contributed by atoms with Gasteiger partial charge in [0.15, 0.2) is 0 Å². The first kappa shape index (κ1) is 14.4. The van der Waals surface area contributed by atoms with Crippen molar-refractivity contribution in [1.82, 2.24) is 5.32 Å². The number of aliphatic hydroxyl groups is 1. The Labute approximate surface area is 92.0 Å². The van der Waals surface area contributed by atoms with Crippen LogP contribution in [0.25, 0.3) is 0 Å². The molecule has 0 bridgehead atoms. The van der Waals surface area contributed by atoms with E-state index in [1.807, 2.05) is 20.8 Å². The molecule has 4 heteroatoms. The first-order valence-corrected chi connectivity index (χ1v) is 5.43. The van der Waals surface area contributed by atoms with Crippen LogP contribution in [-0.2, 0) is 9.53 Å². The summed E-state index contributed by atoms with van der Waals surface area (Å²) in [6.07, 6.45) is 0.755. The maximum absolute atomic E-state index is 11.2. The number of carbonyl (C=O) groups excluding carboxylic acids is 1. The van der Waals surface area contributed by atoms with E-state index < -0.39 is 0 Å². The molecule has 0 saturated heterocycles. The molecule has 0 heterocycles. The Bertz CT molecular complexity index is 185. The van der Waals surface area contributed by atoms with Gasteiger partial charge in [0.05, 0.1) is 13.0 Å². The van der Waals surface area contributed by atoms with E-state index in [4.69, 9.17) is 5.11 Å². The first-order valence-electron chi connectivity index (χ1n) is 5.43. The Balaban J connectivity index is 3.73. The van der Waals surface area contributed by atoms with Crippen LogP contribution in [0.1, 0.15) is 27.2 Å². The molecule has 0 spiro atoms. The molecule has 0 saturated carbocycles. The van der Waals surface area contributed by atoms with Gasteiger partial charge in [-0.2, -0.15) is 0 Å².